The van der Waals surface area contributed by atoms with Gasteiger partial charge in [0.1, 0.15) is 11.6 Å². The van der Waals surface area contributed by atoms with Gasteiger partial charge in [-0.1, -0.05) is 23.7 Å². The zero-order valence-corrected chi connectivity index (χ0v) is 17.5. The molecule has 1 N–H and O–H groups in total. The largest absolute Gasteiger partial charge is 0.423 e. The van der Waals surface area contributed by atoms with Gasteiger partial charge in [-0.05, 0) is 66.2 Å². The SMILES string of the molecule is O=C(Oc1ccc(/C=N/Nc2nc(-c3ccc(Cl)cc3)cs2)cc1)c1ccc(F)cc1. The van der Waals surface area contributed by atoms with E-state index in [2.05, 4.69) is 15.5 Å². The number of esters is 1. The molecule has 8 heteroatoms. The summed E-state index contributed by atoms with van der Waals surface area (Å²) in [6.45, 7) is 0. The lowest BCUT2D eigenvalue weighted by Crippen LogP contribution is -2.08. The van der Waals surface area contributed by atoms with E-state index in [0.29, 0.717) is 15.9 Å². The van der Waals surface area contributed by atoms with Crippen LogP contribution in [0.15, 0.2) is 83.3 Å². The summed E-state index contributed by atoms with van der Waals surface area (Å²) in [4.78, 5) is 16.6. The van der Waals surface area contributed by atoms with Gasteiger partial charge in [0.25, 0.3) is 0 Å². The summed E-state index contributed by atoms with van der Waals surface area (Å²) in [6, 6.07) is 19.5. The van der Waals surface area contributed by atoms with Crippen molar-refractivity contribution in [2.75, 3.05) is 5.43 Å². The Morgan fingerprint density at radius 3 is 2.45 bits per heavy atom. The fourth-order valence-electron chi connectivity index (χ4n) is 2.61. The van der Waals surface area contributed by atoms with Crippen molar-refractivity contribution in [3.63, 3.8) is 0 Å². The van der Waals surface area contributed by atoms with Crippen molar-refractivity contribution in [2.45, 2.75) is 0 Å². The van der Waals surface area contributed by atoms with Gasteiger partial charge in [0, 0.05) is 16.0 Å². The Morgan fingerprint density at radius 2 is 1.74 bits per heavy atom. The van der Waals surface area contributed by atoms with Crippen molar-refractivity contribution in [2.24, 2.45) is 5.10 Å². The second kappa shape index (κ2) is 9.51. The van der Waals surface area contributed by atoms with Crippen molar-refractivity contribution in [3.05, 3.63) is 100 Å². The normalized spacial score (nSPS) is 10.9. The van der Waals surface area contributed by atoms with Gasteiger partial charge >= 0.3 is 5.97 Å². The molecule has 0 bridgehead atoms. The van der Waals surface area contributed by atoms with Crippen LogP contribution in [0.4, 0.5) is 9.52 Å². The molecule has 0 amide bonds. The summed E-state index contributed by atoms with van der Waals surface area (Å²) in [5.74, 6) is -0.580. The fourth-order valence-corrected chi connectivity index (χ4v) is 3.41. The zero-order chi connectivity index (χ0) is 21.6. The zero-order valence-electron chi connectivity index (χ0n) is 16.0. The van der Waals surface area contributed by atoms with Crippen LogP contribution in [0.1, 0.15) is 15.9 Å². The molecule has 4 rings (SSSR count). The smallest absolute Gasteiger partial charge is 0.343 e. The maximum atomic E-state index is 12.9. The Labute approximate surface area is 186 Å². The van der Waals surface area contributed by atoms with E-state index in [1.807, 2.05) is 29.6 Å². The highest BCUT2D eigenvalue weighted by Gasteiger charge is 2.08. The molecule has 154 valence electrons. The molecule has 0 fully saturated rings. The highest BCUT2D eigenvalue weighted by Crippen LogP contribution is 2.26. The minimum Gasteiger partial charge on any atom is -0.423 e. The number of aromatic nitrogens is 1. The van der Waals surface area contributed by atoms with Crippen LogP contribution in [0.3, 0.4) is 0 Å². The summed E-state index contributed by atoms with van der Waals surface area (Å²) in [6.07, 6.45) is 1.63. The van der Waals surface area contributed by atoms with Crippen LogP contribution < -0.4 is 10.2 Å². The van der Waals surface area contributed by atoms with E-state index in [1.165, 1.54) is 35.6 Å². The first-order chi connectivity index (χ1) is 15.1. The molecule has 0 atom stereocenters. The molecule has 31 heavy (non-hydrogen) atoms. The lowest BCUT2D eigenvalue weighted by Gasteiger charge is -2.04. The molecule has 0 aliphatic rings. The van der Waals surface area contributed by atoms with Gasteiger partial charge in [0.15, 0.2) is 0 Å². The molecule has 0 spiro atoms. The molecule has 0 unspecified atom stereocenters. The Hall–Kier alpha value is -3.55. The van der Waals surface area contributed by atoms with E-state index in [9.17, 15) is 9.18 Å². The van der Waals surface area contributed by atoms with E-state index in [4.69, 9.17) is 16.3 Å². The van der Waals surface area contributed by atoms with E-state index < -0.39 is 11.8 Å². The summed E-state index contributed by atoms with van der Waals surface area (Å²) >= 11 is 7.35. The van der Waals surface area contributed by atoms with Crippen LogP contribution in [-0.4, -0.2) is 17.2 Å². The predicted octanol–water partition coefficient (Wildman–Crippen LogP) is 6.27. The van der Waals surface area contributed by atoms with Crippen molar-refractivity contribution in [1.29, 1.82) is 0 Å². The maximum Gasteiger partial charge on any atom is 0.343 e. The van der Waals surface area contributed by atoms with Crippen LogP contribution in [0, 0.1) is 5.82 Å². The maximum absolute atomic E-state index is 12.9. The number of hydrazone groups is 1. The minimum atomic E-state index is -0.552. The number of hydrogen-bond acceptors (Lipinski definition) is 6. The molecule has 0 aliphatic heterocycles. The molecule has 4 aromatic rings. The van der Waals surface area contributed by atoms with Gasteiger partial charge in [0.05, 0.1) is 17.5 Å². The molecule has 0 aliphatic carbocycles. The molecular formula is C23H15ClFN3O2S. The Kier molecular flexibility index (Phi) is 6.35. The van der Waals surface area contributed by atoms with Gasteiger partial charge in [-0.2, -0.15) is 5.10 Å². The predicted molar refractivity (Wildman–Crippen MR) is 122 cm³/mol. The minimum absolute atomic E-state index is 0.276. The lowest BCUT2D eigenvalue weighted by atomic mass is 10.2. The highest BCUT2D eigenvalue weighted by atomic mass is 35.5. The number of carbonyl (C=O) groups is 1. The van der Waals surface area contributed by atoms with E-state index in [1.54, 1.807) is 30.5 Å². The summed E-state index contributed by atoms with van der Waals surface area (Å²) in [5, 5.41) is 7.46. The molecular weight excluding hydrogens is 437 g/mol. The third kappa shape index (κ3) is 5.53. The number of rotatable bonds is 6. The second-order valence-corrected chi connectivity index (χ2v) is 7.67. The van der Waals surface area contributed by atoms with Crippen LogP contribution in [0.5, 0.6) is 5.75 Å². The van der Waals surface area contributed by atoms with Crippen LogP contribution in [0.25, 0.3) is 11.3 Å². The van der Waals surface area contributed by atoms with Crippen LogP contribution >= 0.6 is 22.9 Å². The number of anilines is 1. The van der Waals surface area contributed by atoms with Crippen molar-refractivity contribution in [1.82, 2.24) is 4.98 Å². The number of halogens is 2. The summed E-state index contributed by atoms with van der Waals surface area (Å²) < 4.78 is 18.2. The molecule has 3 aromatic carbocycles. The van der Waals surface area contributed by atoms with Crippen molar-refractivity contribution < 1.29 is 13.9 Å². The van der Waals surface area contributed by atoms with Gasteiger partial charge in [-0.15, -0.1) is 11.3 Å². The summed E-state index contributed by atoms with van der Waals surface area (Å²) in [7, 11) is 0. The number of ether oxygens (including phenoxy) is 1. The first kappa shape index (κ1) is 20.7. The number of nitrogens with zero attached hydrogens (tertiary/aromatic N) is 2. The first-order valence-electron chi connectivity index (χ1n) is 9.15. The molecule has 1 heterocycles. The monoisotopic (exact) mass is 451 g/mol. The van der Waals surface area contributed by atoms with Gasteiger partial charge in [-0.3, -0.25) is 5.43 Å². The van der Waals surface area contributed by atoms with Crippen LogP contribution in [0.2, 0.25) is 5.02 Å². The second-order valence-electron chi connectivity index (χ2n) is 6.38. The number of carbonyl (C=O) groups excluding carboxylic acids is 1. The standard InChI is InChI=1S/C23H15ClFN3O2S/c24-18-7-3-16(4-8-18)21-14-31-23(27-21)28-26-13-15-1-11-20(12-2-15)30-22(29)17-5-9-19(25)10-6-17/h1-14H,(H,27,28)/b26-13+. The Morgan fingerprint density at radius 1 is 1.03 bits per heavy atom. The van der Waals surface area contributed by atoms with Gasteiger partial charge in [0.2, 0.25) is 5.13 Å². The molecule has 0 saturated heterocycles. The quantitative estimate of drug-likeness (QED) is 0.162. The van der Waals surface area contributed by atoms with E-state index in [0.717, 1.165) is 16.8 Å². The number of nitrogens with one attached hydrogen (secondary N) is 1. The van der Waals surface area contributed by atoms with Gasteiger partial charge in [-0.25, -0.2) is 14.2 Å². The Balaban J connectivity index is 1.33. The molecule has 0 saturated carbocycles. The van der Waals surface area contributed by atoms with Gasteiger partial charge < -0.3 is 4.74 Å². The topological polar surface area (TPSA) is 63.6 Å². The lowest BCUT2D eigenvalue weighted by molar-refractivity contribution is 0.0734. The van der Waals surface area contributed by atoms with E-state index >= 15 is 0 Å². The fraction of sp³-hybridized carbons (Fsp3) is 0. The van der Waals surface area contributed by atoms with Crippen LogP contribution in [-0.2, 0) is 0 Å². The molecule has 1 aromatic heterocycles. The Bertz CT molecular complexity index is 1210. The molecule has 5 nitrogen and oxygen atoms in total. The number of hydrogen-bond donors (Lipinski definition) is 1. The van der Waals surface area contributed by atoms with Crippen molar-refractivity contribution in [3.8, 4) is 17.0 Å². The third-order valence-corrected chi connectivity index (χ3v) is 5.19. The third-order valence-electron chi connectivity index (χ3n) is 4.19. The molecule has 0 radical (unpaired) electrons. The number of thiazole rings is 1. The average Bonchev–Trinajstić information content (AvgIpc) is 3.25. The van der Waals surface area contributed by atoms with Crippen molar-refractivity contribution >= 4 is 40.3 Å². The average molecular weight is 452 g/mol. The highest BCUT2D eigenvalue weighted by molar-refractivity contribution is 7.14. The van der Waals surface area contributed by atoms with E-state index in [-0.39, 0.29) is 5.56 Å². The summed E-state index contributed by atoms with van der Waals surface area (Å²) in [5.41, 5.74) is 5.80. The first-order valence-corrected chi connectivity index (χ1v) is 10.4. The number of benzene rings is 3.